The lowest BCUT2D eigenvalue weighted by Gasteiger charge is -2.44. The Bertz CT molecular complexity index is 874. The van der Waals surface area contributed by atoms with Crippen LogP contribution in [-0.4, -0.2) is 46.5 Å². The van der Waals surface area contributed by atoms with Gasteiger partial charge in [0.05, 0.1) is 17.5 Å². The first kappa shape index (κ1) is 20.5. The molecule has 0 aliphatic carbocycles. The summed E-state index contributed by atoms with van der Waals surface area (Å²) in [7, 11) is 0. The summed E-state index contributed by atoms with van der Waals surface area (Å²) in [6, 6.07) is 13.7. The maximum Gasteiger partial charge on any atom is 0.253 e. The predicted molar refractivity (Wildman–Crippen MR) is 115 cm³/mol. The van der Waals surface area contributed by atoms with E-state index in [2.05, 4.69) is 29.4 Å². The summed E-state index contributed by atoms with van der Waals surface area (Å²) < 4.78 is 6.32. The van der Waals surface area contributed by atoms with Gasteiger partial charge < -0.3 is 15.0 Å². The molecule has 1 aromatic carbocycles. The Labute approximate surface area is 177 Å². The van der Waals surface area contributed by atoms with E-state index in [0.29, 0.717) is 31.6 Å². The summed E-state index contributed by atoms with van der Waals surface area (Å²) in [5.41, 5.74) is 1.56. The van der Waals surface area contributed by atoms with Crippen LogP contribution >= 0.6 is 0 Å². The van der Waals surface area contributed by atoms with Gasteiger partial charge in [0.15, 0.2) is 0 Å². The van der Waals surface area contributed by atoms with Gasteiger partial charge in [-0.2, -0.15) is 0 Å². The summed E-state index contributed by atoms with van der Waals surface area (Å²) in [4.78, 5) is 31.3. The third-order valence-electron chi connectivity index (χ3n) is 6.45. The van der Waals surface area contributed by atoms with Gasteiger partial charge in [-0.3, -0.25) is 14.6 Å². The molecule has 2 aromatic rings. The zero-order valence-electron chi connectivity index (χ0n) is 17.4. The summed E-state index contributed by atoms with van der Waals surface area (Å²) >= 11 is 0. The number of rotatable bonds is 5. The van der Waals surface area contributed by atoms with Crippen LogP contribution in [0.3, 0.4) is 0 Å². The molecule has 2 amide bonds. The number of aromatic nitrogens is 1. The molecule has 0 radical (unpaired) electrons. The Morgan fingerprint density at radius 3 is 2.77 bits per heavy atom. The molecule has 6 nitrogen and oxygen atoms in total. The summed E-state index contributed by atoms with van der Waals surface area (Å²) in [6.07, 6.45) is 6.49. The number of carbonyl (C=O) groups excluding carboxylic acids is 2. The lowest BCUT2D eigenvalue weighted by Crippen LogP contribution is -2.53. The normalized spacial score (nSPS) is 26.0. The average molecular weight is 408 g/mol. The van der Waals surface area contributed by atoms with Crippen molar-refractivity contribution < 1.29 is 14.3 Å². The fourth-order valence-electron chi connectivity index (χ4n) is 4.61. The van der Waals surface area contributed by atoms with Crippen molar-refractivity contribution in [3.8, 4) is 0 Å². The molecular weight excluding hydrogens is 378 g/mol. The first-order valence-corrected chi connectivity index (χ1v) is 10.8. The van der Waals surface area contributed by atoms with E-state index in [0.717, 1.165) is 19.3 Å². The highest BCUT2D eigenvalue weighted by Crippen LogP contribution is 2.42. The Balaban J connectivity index is 1.29. The number of nitrogens with zero attached hydrogens (tertiary/aromatic N) is 2. The van der Waals surface area contributed by atoms with E-state index in [9.17, 15) is 9.59 Å². The fourth-order valence-corrected chi connectivity index (χ4v) is 4.61. The summed E-state index contributed by atoms with van der Waals surface area (Å²) in [5, 5.41) is 2.89. The summed E-state index contributed by atoms with van der Waals surface area (Å²) in [5.74, 6) is 0.279. The van der Waals surface area contributed by atoms with Crippen LogP contribution in [0.15, 0.2) is 54.9 Å². The van der Waals surface area contributed by atoms with Gasteiger partial charge in [0.1, 0.15) is 6.10 Å². The van der Waals surface area contributed by atoms with Crippen LogP contribution in [0.5, 0.6) is 0 Å². The molecule has 2 aliphatic rings. The van der Waals surface area contributed by atoms with Crippen molar-refractivity contribution in [2.45, 2.75) is 50.7 Å². The Hall–Kier alpha value is -2.73. The zero-order chi connectivity index (χ0) is 21.0. The molecule has 1 spiro atoms. The number of pyridine rings is 1. The average Bonchev–Trinajstić information content (AvgIpc) is 3.21. The first-order chi connectivity index (χ1) is 14.6. The van der Waals surface area contributed by atoms with Gasteiger partial charge in [-0.05, 0) is 43.4 Å². The van der Waals surface area contributed by atoms with Gasteiger partial charge in [-0.1, -0.05) is 37.3 Å². The maximum atomic E-state index is 12.7. The molecule has 0 saturated carbocycles. The van der Waals surface area contributed by atoms with Gasteiger partial charge in [-0.25, -0.2) is 0 Å². The topological polar surface area (TPSA) is 71.5 Å². The molecule has 6 heteroatoms. The monoisotopic (exact) mass is 407 g/mol. The Morgan fingerprint density at radius 1 is 1.20 bits per heavy atom. The number of aryl methyl sites for hydroxylation is 1. The summed E-state index contributed by atoms with van der Waals surface area (Å²) in [6.45, 7) is 3.51. The lowest BCUT2D eigenvalue weighted by molar-refractivity contribution is -0.151. The number of nitrogens with one attached hydrogen (secondary N) is 1. The molecule has 2 fully saturated rings. The van der Waals surface area contributed by atoms with Gasteiger partial charge in [0.25, 0.3) is 5.91 Å². The lowest BCUT2D eigenvalue weighted by atomic mass is 9.80. The van der Waals surface area contributed by atoms with Gasteiger partial charge in [0.2, 0.25) is 5.91 Å². The molecule has 1 N–H and O–H groups in total. The highest BCUT2D eigenvalue weighted by atomic mass is 16.5. The molecule has 3 atom stereocenters. The van der Waals surface area contributed by atoms with Gasteiger partial charge in [-0.15, -0.1) is 0 Å². The minimum atomic E-state index is -0.451. The van der Waals surface area contributed by atoms with Crippen LogP contribution in [-0.2, 0) is 20.7 Å². The van der Waals surface area contributed by atoms with E-state index in [-0.39, 0.29) is 23.3 Å². The smallest absolute Gasteiger partial charge is 0.253 e. The van der Waals surface area contributed by atoms with Crippen LogP contribution < -0.4 is 5.32 Å². The number of amides is 2. The third kappa shape index (κ3) is 4.54. The SMILES string of the molecule is CC1CN(C(=O)CCc2ccccc2)CCC12CCC(C(=O)Nc1cccnc1)O2. The van der Waals surface area contributed by atoms with Crippen molar-refractivity contribution in [2.75, 3.05) is 18.4 Å². The number of carbonyl (C=O) groups is 2. The molecule has 0 bridgehead atoms. The van der Waals surface area contributed by atoms with E-state index >= 15 is 0 Å². The molecule has 4 rings (SSSR count). The minimum absolute atomic E-state index is 0.117. The van der Waals surface area contributed by atoms with E-state index < -0.39 is 6.10 Å². The molecule has 3 unspecified atom stereocenters. The van der Waals surface area contributed by atoms with Crippen LogP contribution in [0.1, 0.15) is 38.2 Å². The number of piperidine rings is 1. The van der Waals surface area contributed by atoms with Crippen LogP contribution in [0.25, 0.3) is 0 Å². The Kier molecular flexibility index (Phi) is 6.13. The zero-order valence-corrected chi connectivity index (χ0v) is 17.4. The van der Waals surface area contributed by atoms with Gasteiger partial charge >= 0.3 is 0 Å². The highest BCUT2D eigenvalue weighted by Gasteiger charge is 2.49. The van der Waals surface area contributed by atoms with E-state index in [1.807, 2.05) is 29.2 Å². The van der Waals surface area contributed by atoms with E-state index in [1.54, 1.807) is 18.5 Å². The largest absolute Gasteiger partial charge is 0.362 e. The number of hydrogen-bond donors (Lipinski definition) is 1. The molecular formula is C24H29N3O3. The van der Waals surface area contributed by atoms with Crippen molar-refractivity contribution in [1.82, 2.24) is 9.88 Å². The van der Waals surface area contributed by atoms with Crippen molar-refractivity contribution in [1.29, 1.82) is 0 Å². The third-order valence-corrected chi connectivity index (χ3v) is 6.45. The van der Waals surface area contributed by atoms with E-state index in [4.69, 9.17) is 4.74 Å². The van der Waals surface area contributed by atoms with Crippen molar-refractivity contribution in [3.05, 3.63) is 60.4 Å². The predicted octanol–water partition coefficient (Wildman–Crippen LogP) is 3.44. The van der Waals surface area contributed by atoms with Crippen molar-refractivity contribution >= 4 is 17.5 Å². The quantitative estimate of drug-likeness (QED) is 0.824. The Morgan fingerprint density at radius 2 is 2.03 bits per heavy atom. The number of likely N-dealkylation sites (tertiary alicyclic amines) is 1. The second-order valence-electron chi connectivity index (χ2n) is 8.42. The highest BCUT2D eigenvalue weighted by molar-refractivity contribution is 5.94. The number of anilines is 1. The number of benzene rings is 1. The molecule has 1 aromatic heterocycles. The number of ether oxygens (including phenoxy) is 1. The second-order valence-corrected chi connectivity index (χ2v) is 8.42. The standard InChI is InChI=1S/C24H29N3O3/c1-18-17-27(22(28)10-9-19-6-3-2-4-7-19)15-13-24(18)12-11-21(30-24)23(29)26-20-8-5-14-25-16-20/h2-8,14,16,18,21H,9-13,15,17H2,1H3,(H,26,29). The van der Waals surface area contributed by atoms with Crippen molar-refractivity contribution in [3.63, 3.8) is 0 Å². The first-order valence-electron chi connectivity index (χ1n) is 10.8. The van der Waals surface area contributed by atoms with Crippen LogP contribution in [0.4, 0.5) is 5.69 Å². The van der Waals surface area contributed by atoms with Gasteiger partial charge in [0, 0.05) is 31.6 Å². The fraction of sp³-hybridized carbons (Fsp3) is 0.458. The molecule has 2 saturated heterocycles. The van der Waals surface area contributed by atoms with Crippen molar-refractivity contribution in [2.24, 2.45) is 5.92 Å². The second kappa shape index (κ2) is 8.96. The van der Waals surface area contributed by atoms with Crippen LogP contribution in [0.2, 0.25) is 0 Å². The molecule has 3 heterocycles. The molecule has 30 heavy (non-hydrogen) atoms. The van der Waals surface area contributed by atoms with Crippen LogP contribution in [0, 0.1) is 5.92 Å². The van der Waals surface area contributed by atoms with E-state index in [1.165, 1.54) is 5.56 Å². The molecule has 158 valence electrons. The maximum absolute atomic E-state index is 12.7. The molecule has 2 aliphatic heterocycles. The number of hydrogen-bond acceptors (Lipinski definition) is 4. The minimum Gasteiger partial charge on any atom is -0.362 e.